The number of benzene rings is 1. The van der Waals surface area contributed by atoms with Gasteiger partial charge in [0.15, 0.2) is 19.9 Å². The molecule has 2 saturated carbocycles. The fourth-order valence-electron chi connectivity index (χ4n) is 6.60. The average Bonchev–Trinajstić information content (AvgIpc) is 3.92. The van der Waals surface area contributed by atoms with E-state index in [0.29, 0.717) is 9.99 Å². The van der Waals surface area contributed by atoms with Gasteiger partial charge in [-0.1, -0.05) is 56.7 Å². The van der Waals surface area contributed by atoms with Crippen LogP contribution in [0.2, 0.25) is 2.82 Å². The van der Waals surface area contributed by atoms with E-state index in [4.69, 9.17) is 21.2 Å². The van der Waals surface area contributed by atoms with Gasteiger partial charge in [-0.25, -0.2) is 22.4 Å². The fourth-order valence-corrected chi connectivity index (χ4v) is 7.84. The van der Waals surface area contributed by atoms with E-state index in [1.54, 1.807) is 0 Å². The fraction of sp³-hybridized carbons (Fsp3) is 0.444. The van der Waals surface area contributed by atoms with Crippen LogP contribution < -0.4 is 10.8 Å². The van der Waals surface area contributed by atoms with Gasteiger partial charge in [-0.15, -0.1) is 0 Å². The summed E-state index contributed by atoms with van der Waals surface area (Å²) in [6.07, 6.45) is -17.9. The molecule has 1 aromatic carbocycles. The molecule has 9 rings (SSSR count). The highest BCUT2D eigenvalue weighted by Gasteiger charge is 2.65. The highest BCUT2D eigenvalue weighted by atomic mass is 32.2. The maximum Gasteiger partial charge on any atom is 0.269 e. The number of hydrazine groups is 2. The van der Waals surface area contributed by atoms with Crippen molar-refractivity contribution in [3.63, 3.8) is 0 Å². The van der Waals surface area contributed by atoms with Crippen LogP contribution in [0.5, 0.6) is 0 Å². The van der Waals surface area contributed by atoms with Gasteiger partial charge >= 0.3 is 0 Å². The quantitative estimate of drug-likeness (QED) is 0.130. The Morgan fingerprint density at radius 3 is 2.43 bits per heavy atom. The van der Waals surface area contributed by atoms with Crippen LogP contribution in [0, 0.1) is 11.8 Å². The molecule has 6 heterocycles. The number of H-pyrrole nitrogens is 1. The summed E-state index contributed by atoms with van der Waals surface area (Å²) in [5.74, 6) is -7.14. The molecule has 5 aromatic rings. The van der Waals surface area contributed by atoms with E-state index in [1.165, 1.54) is 18.2 Å². The van der Waals surface area contributed by atoms with Crippen LogP contribution >= 0.6 is 0 Å². The van der Waals surface area contributed by atoms with Crippen LogP contribution in [0.15, 0.2) is 72.0 Å². The van der Waals surface area contributed by atoms with Crippen LogP contribution in [-0.4, -0.2) is 61.9 Å². The summed E-state index contributed by atoms with van der Waals surface area (Å²) in [4.78, 5) is 7.98. The van der Waals surface area contributed by atoms with E-state index >= 15 is 0 Å². The molecule has 4 aliphatic rings. The first kappa shape index (κ1) is 15.9. The van der Waals surface area contributed by atoms with Crippen molar-refractivity contribution in [2.75, 3.05) is 10.8 Å². The maximum atomic E-state index is 14.2. The second kappa shape index (κ2) is 11.5. The van der Waals surface area contributed by atoms with Gasteiger partial charge in [0.05, 0.1) is 41.0 Å². The summed E-state index contributed by atoms with van der Waals surface area (Å²) in [7, 11) is -4.90. The van der Waals surface area contributed by atoms with Crippen molar-refractivity contribution in [1.29, 1.82) is 2.86 Å². The third-order valence-corrected chi connectivity index (χ3v) is 10.7. The first-order valence-electron chi connectivity index (χ1n) is 26.0. The lowest BCUT2D eigenvalue weighted by atomic mass is 9.68. The Labute approximate surface area is 314 Å². The minimum atomic E-state index is -4.90. The van der Waals surface area contributed by atoms with E-state index in [2.05, 4.69) is 15.4 Å². The molecule has 0 amide bonds. The molecule has 2 fully saturated rings. The number of hydrogen-bond donors (Lipinski definition) is 5. The Bertz CT molecular complexity index is 3120. The summed E-state index contributed by atoms with van der Waals surface area (Å²) in [6.45, 7) is -6.29. The Morgan fingerprint density at radius 1 is 0.939 bits per heavy atom. The molecule has 7 unspecified atom stereocenters. The van der Waals surface area contributed by atoms with Crippen LogP contribution in [0.3, 0.4) is 0 Å². The molecule has 13 heteroatoms. The number of anilines is 2. The Hall–Kier alpha value is -4.01. The van der Waals surface area contributed by atoms with Gasteiger partial charge in [0.2, 0.25) is 2.86 Å². The minimum Gasteiger partial charge on any atom is -0.370 e. The molecule has 49 heavy (non-hydrogen) atoms. The molecule has 0 bridgehead atoms. The smallest absolute Gasteiger partial charge is 0.269 e. The summed E-state index contributed by atoms with van der Waals surface area (Å²) < 4.78 is 226. The number of nitrogens with zero attached hydrogens (tertiary/aromatic N) is 5. The monoisotopic (exact) mass is 703 g/mol. The molecule has 0 saturated heterocycles. The number of aromatic nitrogens is 4. The number of aromatic amines is 1. The van der Waals surface area contributed by atoms with Crippen LogP contribution in [0.25, 0.3) is 22.1 Å². The summed E-state index contributed by atoms with van der Waals surface area (Å²) in [5.41, 5.74) is -10.4. The highest BCUT2D eigenvalue weighted by Crippen LogP contribution is 2.53. The maximum absolute atomic E-state index is 14.2. The molecule has 256 valence electrons. The van der Waals surface area contributed by atoms with E-state index in [1.807, 2.05) is 0 Å². The normalized spacial score (nSPS) is 41.1. The van der Waals surface area contributed by atoms with Crippen molar-refractivity contribution >= 4 is 43.5 Å². The van der Waals surface area contributed by atoms with Gasteiger partial charge in [-0.05, 0) is 49.8 Å². The molecule has 2 aliphatic heterocycles. The molecule has 2 aliphatic carbocycles. The molecule has 12 nitrogen and oxygen atoms in total. The van der Waals surface area contributed by atoms with Gasteiger partial charge < -0.3 is 26.0 Å². The zero-order valence-corrected chi connectivity index (χ0v) is 26.3. The van der Waals surface area contributed by atoms with Crippen molar-refractivity contribution in [3.8, 4) is 0 Å². The van der Waals surface area contributed by atoms with Crippen LogP contribution in [0.1, 0.15) is 98.5 Å². The molecular weight excluding hydrogens is 641 g/mol. The first-order chi connectivity index (χ1) is 32.5. The lowest BCUT2D eigenvalue weighted by Crippen LogP contribution is -2.77. The predicted octanol–water partition coefficient (Wildman–Crippen LogP) is 5.67. The number of nitrogens with one attached hydrogen (secondary N) is 3. The van der Waals surface area contributed by atoms with E-state index < -0.39 is 171 Å². The van der Waals surface area contributed by atoms with Gasteiger partial charge in [0, 0.05) is 70.0 Å². The molecule has 0 spiro atoms. The minimum absolute atomic E-state index is 0.0782. The van der Waals surface area contributed by atoms with Crippen molar-refractivity contribution in [2.45, 2.75) is 93.4 Å². The Kier molecular flexibility index (Phi) is 3.74. The number of hydrogen-bond acceptors (Lipinski definition) is 10. The number of rotatable bonds is 9. The Balaban J connectivity index is 1.44. The van der Waals surface area contributed by atoms with Gasteiger partial charge in [0.1, 0.15) is 5.65 Å². The van der Waals surface area contributed by atoms with Crippen molar-refractivity contribution < 1.29 is 44.8 Å². The predicted molar refractivity (Wildman–Crippen MR) is 186 cm³/mol. The van der Waals surface area contributed by atoms with E-state index in [-0.39, 0.29) is 40.1 Å². The van der Waals surface area contributed by atoms with Crippen molar-refractivity contribution in [3.05, 3.63) is 78.2 Å². The van der Waals surface area contributed by atoms with E-state index in [0.717, 1.165) is 12.1 Å². The molecule has 4 aromatic heterocycles. The second-order valence-corrected chi connectivity index (χ2v) is 13.7. The van der Waals surface area contributed by atoms with Crippen LogP contribution in [-0.2, 0) is 23.0 Å². The third kappa shape index (κ3) is 4.59. The molecule has 5 N–H and O–H groups in total. The summed E-state index contributed by atoms with van der Waals surface area (Å²) in [5, 5.41) is 10.2. The second-order valence-electron chi connectivity index (χ2n) is 11.9. The first-order valence-corrected chi connectivity index (χ1v) is 17.0. The summed E-state index contributed by atoms with van der Waals surface area (Å²) >= 11 is 0. The van der Waals surface area contributed by atoms with Crippen molar-refractivity contribution in [2.24, 2.45) is 11.8 Å². The number of pyridine rings is 2. The third-order valence-electron chi connectivity index (χ3n) is 9.04. The standard InChI is InChI=1S/C36H42N8O4S/c45-35(24-10-4-1-5-11-24,43-22-29-27-16-18-37-33(27)38-20-31(29)40-43)36(46,25-12-6-2-7-13-25)44-23-30-28-17-19-42(34(28)39-21-32(30)41-44)49(47,48)26-14-8-3-9-15-26/h3,8-9,14-21,24-25,40-41,45-46H,1-2,4-7,10-13,22-23H2,(H,37,38)/i4D,6D,10D2,12D2,16D,17D,18D,19D,20D,21D,22D,23D2,24D,25D,45D,46D/hD2. The molecular formula is C36H42N8O4S. The topological polar surface area (TPSA) is 152 Å². The zero-order chi connectivity index (χ0) is 51.6. The Morgan fingerprint density at radius 2 is 1.67 bits per heavy atom. The average molecular weight is 704 g/mol. The lowest BCUT2D eigenvalue weighted by molar-refractivity contribution is -0.333. The lowest BCUT2D eigenvalue weighted by Gasteiger charge is -2.59. The molecule has 7 atom stereocenters. The summed E-state index contributed by atoms with van der Waals surface area (Å²) in [6, 6.07) is 4.68. The largest absolute Gasteiger partial charge is 0.370 e. The van der Waals surface area contributed by atoms with Gasteiger partial charge in [0.25, 0.3) is 10.0 Å². The van der Waals surface area contributed by atoms with Gasteiger partial charge in [-0.2, -0.15) is 10.0 Å². The SMILES string of the molecule is [2H]OC(N1Nc2c([2H])nc3c(c([2H])c([2H])n3[2H])c2C1[2H])(C1([2H])CCCC([2H])C1([2H])[2H])C(O[2H])(N1N([2H])c2c([2H])nc3c(c([2H])c([2H])n3S(=O)(=O)c3ccccc3)c2C1([2H])[2H])C1([2H])CCCC([2H])C1([2H])[2H]. The molecule has 0 radical (unpaired) electrons. The number of aliphatic hydroxyl groups is 2. The number of fused-ring (bicyclic) bond motifs is 6. The highest BCUT2D eigenvalue weighted by molar-refractivity contribution is 7.90. The van der Waals surface area contributed by atoms with Crippen molar-refractivity contribution in [1.82, 2.24) is 28.9 Å². The van der Waals surface area contributed by atoms with E-state index in [9.17, 15) is 26.4 Å². The van der Waals surface area contributed by atoms with Crippen LogP contribution in [0.4, 0.5) is 11.4 Å². The zero-order valence-electron chi connectivity index (χ0n) is 46.5. The van der Waals surface area contributed by atoms with Gasteiger partial charge in [-0.3, -0.25) is 0 Å².